The predicted molar refractivity (Wildman–Crippen MR) is 83.1 cm³/mol. The number of nitrogens with two attached hydrogens (primary N) is 1. The van der Waals surface area contributed by atoms with Crippen molar-refractivity contribution in [1.82, 2.24) is 10.8 Å². The number of nitrogens with one attached hydrogen (secondary N) is 2. The molecule has 0 saturated heterocycles. The van der Waals surface area contributed by atoms with Crippen LogP contribution >= 0.6 is 0 Å². The van der Waals surface area contributed by atoms with Crippen molar-refractivity contribution in [3.8, 4) is 11.8 Å². The molecule has 1 rings (SSSR count). The average molecular weight is 303 g/mol. The molecule has 1 unspecified atom stereocenters. The van der Waals surface area contributed by atoms with Gasteiger partial charge in [-0.1, -0.05) is 18.8 Å². The molecule has 0 fully saturated rings. The number of hydrogen-bond donors (Lipinski definition) is 4. The van der Waals surface area contributed by atoms with Gasteiger partial charge in [0, 0.05) is 23.1 Å². The van der Waals surface area contributed by atoms with Gasteiger partial charge in [0.1, 0.15) is 6.04 Å². The molecular weight excluding hydrogens is 282 g/mol. The van der Waals surface area contributed by atoms with Crippen molar-refractivity contribution in [2.75, 3.05) is 0 Å². The number of carbonyl (C=O) groups is 2. The molecule has 22 heavy (non-hydrogen) atoms. The summed E-state index contributed by atoms with van der Waals surface area (Å²) >= 11 is 0. The van der Waals surface area contributed by atoms with Crippen LogP contribution in [0.4, 0.5) is 0 Å². The third-order valence-corrected chi connectivity index (χ3v) is 2.95. The largest absolute Gasteiger partial charge is 0.338 e. The molecular formula is C16H21N3O3. The van der Waals surface area contributed by atoms with Gasteiger partial charge in [0.15, 0.2) is 0 Å². The molecule has 2 amide bonds. The highest BCUT2D eigenvalue weighted by molar-refractivity contribution is 5.97. The van der Waals surface area contributed by atoms with E-state index in [-0.39, 0.29) is 0 Å². The van der Waals surface area contributed by atoms with Gasteiger partial charge in [-0.05, 0) is 38.1 Å². The molecule has 5 N–H and O–H groups in total. The molecule has 6 nitrogen and oxygen atoms in total. The average Bonchev–Trinajstić information content (AvgIpc) is 2.49. The maximum absolute atomic E-state index is 12.2. The molecule has 0 aliphatic carbocycles. The fourth-order valence-electron chi connectivity index (χ4n) is 1.76. The lowest BCUT2D eigenvalue weighted by Crippen LogP contribution is -2.61. The minimum absolute atomic E-state index is 0.377. The second kappa shape index (κ2) is 7.59. The van der Waals surface area contributed by atoms with Gasteiger partial charge in [-0.15, -0.1) is 0 Å². The van der Waals surface area contributed by atoms with E-state index in [9.17, 15) is 9.59 Å². The van der Waals surface area contributed by atoms with Gasteiger partial charge in [0.25, 0.3) is 11.8 Å². The van der Waals surface area contributed by atoms with Crippen molar-refractivity contribution in [2.24, 2.45) is 5.73 Å². The molecule has 118 valence electrons. The number of benzene rings is 1. The topological polar surface area (TPSA) is 104 Å². The first-order valence-corrected chi connectivity index (χ1v) is 6.92. The van der Waals surface area contributed by atoms with Crippen LogP contribution in [0, 0.1) is 11.8 Å². The van der Waals surface area contributed by atoms with Gasteiger partial charge in [0.05, 0.1) is 0 Å². The first kappa shape index (κ1) is 17.7. The molecule has 0 heterocycles. The van der Waals surface area contributed by atoms with Crippen molar-refractivity contribution in [3.05, 3.63) is 35.4 Å². The summed E-state index contributed by atoms with van der Waals surface area (Å²) in [6, 6.07) is 5.63. The Kier molecular flexibility index (Phi) is 6.11. The Balaban J connectivity index is 2.88. The Hall–Kier alpha value is -2.36. The Bertz CT molecular complexity index is 592. The summed E-state index contributed by atoms with van der Waals surface area (Å²) in [5.41, 5.74) is 7.52. The van der Waals surface area contributed by atoms with Crippen molar-refractivity contribution >= 4 is 11.8 Å². The molecule has 0 radical (unpaired) electrons. The SMILES string of the molecule is CCC#Cc1ccc(C(=O)NC(C(=O)NO)C(C)(C)N)cc1. The van der Waals surface area contributed by atoms with Crippen molar-refractivity contribution in [2.45, 2.75) is 38.8 Å². The number of amides is 2. The molecule has 0 saturated carbocycles. The normalized spacial score (nSPS) is 11.9. The zero-order chi connectivity index (χ0) is 16.8. The zero-order valence-corrected chi connectivity index (χ0v) is 12.9. The summed E-state index contributed by atoms with van der Waals surface area (Å²) in [7, 11) is 0. The highest BCUT2D eigenvalue weighted by Gasteiger charge is 2.33. The van der Waals surface area contributed by atoms with Crippen LogP contribution in [-0.2, 0) is 4.79 Å². The third kappa shape index (κ3) is 4.88. The molecule has 0 aliphatic rings. The third-order valence-electron chi connectivity index (χ3n) is 2.95. The van der Waals surface area contributed by atoms with Crippen LogP contribution in [0.1, 0.15) is 43.1 Å². The van der Waals surface area contributed by atoms with E-state index in [1.54, 1.807) is 38.1 Å². The summed E-state index contributed by atoms with van der Waals surface area (Å²) in [5.74, 6) is 4.67. The lowest BCUT2D eigenvalue weighted by atomic mass is 9.95. The van der Waals surface area contributed by atoms with E-state index in [1.807, 2.05) is 6.92 Å². The summed E-state index contributed by atoms with van der Waals surface area (Å²) in [5, 5.41) is 11.3. The quantitative estimate of drug-likeness (QED) is 0.375. The smallest absolute Gasteiger partial charge is 0.267 e. The van der Waals surface area contributed by atoms with E-state index in [4.69, 9.17) is 10.9 Å². The zero-order valence-electron chi connectivity index (χ0n) is 12.9. The van der Waals surface area contributed by atoms with E-state index >= 15 is 0 Å². The van der Waals surface area contributed by atoms with E-state index in [1.165, 1.54) is 5.48 Å². The van der Waals surface area contributed by atoms with Gasteiger partial charge < -0.3 is 11.1 Å². The van der Waals surface area contributed by atoms with E-state index in [0.717, 1.165) is 12.0 Å². The molecule has 1 atom stereocenters. The molecule has 0 aromatic heterocycles. The van der Waals surface area contributed by atoms with Crippen LogP contribution in [0.25, 0.3) is 0 Å². The van der Waals surface area contributed by atoms with Gasteiger partial charge in [-0.25, -0.2) is 5.48 Å². The van der Waals surface area contributed by atoms with Crippen LogP contribution in [0.3, 0.4) is 0 Å². The Morgan fingerprint density at radius 3 is 2.36 bits per heavy atom. The standard InChI is InChI=1S/C16H21N3O3/c1-4-5-6-11-7-9-12(10-8-11)14(20)18-13(15(21)19-22)16(2,3)17/h7-10,13,22H,4,17H2,1-3H3,(H,18,20)(H,19,21). The van der Waals surface area contributed by atoms with Crippen LogP contribution in [0.15, 0.2) is 24.3 Å². The summed E-state index contributed by atoms with van der Waals surface area (Å²) in [6.45, 7) is 5.11. The second-order valence-corrected chi connectivity index (χ2v) is 5.44. The summed E-state index contributed by atoms with van der Waals surface area (Å²) < 4.78 is 0. The Labute approximate surface area is 130 Å². The first-order chi connectivity index (χ1) is 10.3. The number of hydrogen-bond acceptors (Lipinski definition) is 4. The monoisotopic (exact) mass is 303 g/mol. The van der Waals surface area contributed by atoms with E-state index in [0.29, 0.717) is 5.56 Å². The minimum Gasteiger partial charge on any atom is -0.338 e. The minimum atomic E-state index is -1.07. The summed E-state index contributed by atoms with van der Waals surface area (Å²) in [6.07, 6.45) is 0.756. The van der Waals surface area contributed by atoms with Crippen LogP contribution in [0.2, 0.25) is 0 Å². The van der Waals surface area contributed by atoms with Gasteiger partial charge in [-0.3, -0.25) is 14.8 Å². The van der Waals surface area contributed by atoms with Crippen molar-refractivity contribution < 1.29 is 14.8 Å². The fourth-order valence-corrected chi connectivity index (χ4v) is 1.76. The lowest BCUT2D eigenvalue weighted by Gasteiger charge is -2.29. The van der Waals surface area contributed by atoms with Crippen molar-refractivity contribution in [1.29, 1.82) is 0 Å². The molecule has 0 bridgehead atoms. The molecule has 1 aromatic carbocycles. The van der Waals surface area contributed by atoms with Crippen LogP contribution in [-0.4, -0.2) is 28.6 Å². The molecule has 6 heteroatoms. The van der Waals surface area contributed by atoms with Gasteiger partial charge >= 0.3 is 0 Å². The maximum Gasteiger partial charge on any atom is 0.267 e. The Morgan fingerprint density at radius 1 is 1.32 bits per heavy atom. The van der Waals surface area contributed by atoms with E-state index < -0.39 is 23.4 Å². The maximum atomic E-state index is 12.2. The summed E-state index contributed by atoms with van der Waals surface area (Å²) in [4.78, 5) is 23.8. The van der Waals surface area contributed by atoms with Crippen LogP contribution in [0.5, 0.6) is 0 Å². The second-order valence-electron chi connectivity index (χ2n) is 5.44. The Morgan fingerprint density at radius 2 is 1.91 bits per heavy atom. The lowest BCUT2D eigenvalue weighted by molar-refractivity contribution is -0.132. The van der Waals surface area contributed by atoms with Crippen molar-refractivity contribution in [3.63, 3.8) is 0 Å². The number of hydroxylamine groups is 1. The molecule has 0 spiro atoms. The first-order valence-electron chi connectivity index (χ1n) is 6.92. The highest BCUT2D eigenvalue weighted by Crippen LogP contribution is 2.08. The van der Waals surface area contributed by atoms with Gasteiger partial charge in [0.2, 0.25) is 0 Å². The number of rotatable bonds is 4. The number of carbonyl (C=O) groups excluding carboxylic acids is 2. The predicted octanol–water partition coefficient (Wildman–Crippen LogP) is 0.789. The van der Waals surface area contributed by atoms with E-state index in [2.05, 4.69) is 17.2 Å². The fraction of sp³-hybridized carbons (Fsp3) is 0.375. The molecule has 0 aliphatic heterocycles. The molecule has 1 aromatic rings. The van der Waals surface area contributed by atoms with Gasteiger partial charge in [-0.2, -0.15) is 0 Å². The highest BCUT2D eigenvalue weighted by atomic mass is 16.5. The van der Waals surface area contributed by atoms with Crippen LogP contribution < -0.4 is 16.5 Å².